The maximum absolute atomic E-state index is 11.9. The Morgan fingerprint density at radius 1 is 1.33 bits per heavy atom. The minimum Gasteiger partial charge on any atom is -0.469 e. The number of aromatic nitrogens is 1. The third kappa shape index (κ3) is 3.45. The van der Waals surface area contributed by atoms with E-state index in [0.717, 1.165) is 18.6 Å². The van der Waals surface area contributed by atoms with Gasteiger partial charge in [0, 0.05) is 24.8 Å². The molecule has 1 aromatic carbocycles. The van der Waals surface area contributed by atoms with Crippen molar-refractivity contribution < 1.29 is 9.53 Å². The molecule has 0 saturated heterocycles. The van der Waals surface area contributed by atoms with Crippen LogP contribution in [0.3, 0.4) is 0 Å². The number of fused-ring (bicyclic) bond motifs is 1. The molecule has 2 rings (SSSR count). The fourth-order valence-corrected chi connectivity index (χ4v) is 2.51. The molecule has 0 bridgehead atoms. The number of ether oxygens (including phenoxy) is 1. The lowest BCUT2D eigenvalue weighted by molar-refractivity contribution is -0.151. The van der Waals surface area contributed by atoms with E-state index in [9.17, 15) is 4.79 Å². The van der Waals surface area contributed by atoms with Gasteiger partial charge in [-0.25, -0.2) is 0 Å². The Morgan fingerprint density at radius 2 is 2.10 bits per heavy atom. The van der Waals surface area contributed by atoms with Gasteiger partial charge < -0.3 is 14.6 Å². The number of benzene rings is 1. The molecule has 1 N–H and O–H groups in total. The molecule has 0 atom stereocenters. The summed E-state index contributed by atoms with van der Waals surface area (Å²) >= 11 is 0. The molecule has 0 saturated carbocycles. The van der Waals surface area contributed by atoms with E-state index in [1.54, 1.807) is 0 Å². The van der Waals surface area contributed by atoms with Crippen LogP contribution in [0.25, 0.3) is 10.9 Å². The zero-order valence-electron chi connectivity index (χ0n) is 13.3. The lowest BCUT2D eigenvalue weighted by Gasteiger charge is -2.22. The molecule has 0 aliphatic rings. The molecule has 0 radical (unpaired) electrons. The molecule has 21 heavy (non-hydrogen) atoms. The first-order valence-corrected chi connectivity index (χ1v) is 7.35. The third-order valence-corrected chi connectivity index (χ3v) is 3.72. The van der Waals surface area contributed by atoms with Gasteiger partial charge in [0.05, 0.1) is 12.5 Å². The van der Waals surface area contributed by atoms with Crippen LogP contribution in [0, 0.1) is 5.41 Å². The van der Waals surface area contributed by atoms with Crippen molar-refractivity contribution in [3.8, 4) is 0 Å². The highest BCUT2D eigenvalue weighted by Crippen LogP contribution is 2.25. The van der Waals surface area contributed by atoms with E-state index in [0.29, 0.717) is 6.54 Å². The monoisotopic (exact) mass is 288 g/mol. The lowest BCUT2D eigenvalue weighted by Crippen LogP contribution is -2.30. The minimum atomic E-state index is -0.543. The van der Waals surface area contributed by atoms with Gasteiger partial charge in [-0.3, -0.25) is 4.79 Å². The first-order chi connectivity index (χ1) is 9.97. The van der Waals surface area contributed by atoms with Gasteiger partial charge >= 0.3 is 5.97 Å². The Kier molecular flexibility index (Phi) is 4.68. The third-order valence-electron chi connectivity index (χ3n) is 3.72. The number of nitrogens with one attached hydrogen (secondary N) is 1. The zero-order chi connectivity index (χ0) is 15.5. The van der Waals surface area contributed by atoms with Crippen LogP contribution in [0.15, 0.2) is 30.5 Å². The average Bonchev–Trinajstić information content (AvgIpc) is 2.86. The normalized spacial score (nSPS) is 11.8. The Hall–Kier alpha value is -1.81. The largest absolute Gasteiger partial charge is 0.469 e. The molecule has 0 amide bonds. The Morgan fingerprint density at radius 3 is 2.76 bits per heavy atom. The van der Waals surface area contributed by atoms with E-state index in [1.807, 2.05) is 20.0 Å². The van der Waals surface area contributed by atoms with E-state index in [-0.39, 0.29) is 5.97 Å². The van der Waals surface area contributed by atoms with Crippen molar-refractivity contribution in [1.82, 2.24) is 9.88 Å². The van der Waals surface area contributed by atoms with Crippen LogP contribution in [0.2, 0.25) is 0 Å². The summed E-state index contributed by atoms with van der Waals surface area (Å²) < 4.78 is 7.02. The molecule has 2 aromatic rings. The highest BCUT2D eigenvalue weighted by Gasteiger charge is 2.29. The van der Waals surface area contributed by atoms with Gasteiger partial charge in [-0.15, -0.1) is 0 Å². The van der Waals surface area contributed by atoms with Crippen molar-refractivity contribution in [3.05, 3.63) is 36.0 Å². The number of esters is 1. The molecule has 0 aliphatic heterocycles. The van der Waals surface area contributed by atoms with E-state index in [4.69, 9.17) is 4.74 Å². The number of hydrogen-bond donors (Lipinski definition) is 1. The van der Waals surface area contributed by atoms with Crippen LogP contribution < -0.4 is 5.32 Å². The topological polar surface area (TPSA) is 43.3 Å². The average molecular weight is 288 g/mol. The molecular weight excluding hydrogens is 264 g/mol. The molecule has 4 heteroatoms. The van der Waals surface area contributed by atoms with Crippen molar-refractivity contribution >= 4 is 16.9 Å². The van der Waals surface area contributed by atoms with E-state index in [2.05, 4.69) is 41.1 Å². The lowest BCUT2D eigenvalue weighted by atomic mass is 9.93. The maximum atomic E-state index is 11.9. The van der Waals surface area contributed by atoms with E-state index in [1.165, 1.54) is 18.1 Å². The molecule has 0 spiro atoms. The Bertz CT molecular complexity index is 629. The minimum absolute atomic E-state index is 0.187. The van der Waals surface area contributed by atoms with Gasteiger partial charge in [-0.05, 0) is 43.5 Å². The smallest absolute Gasteiger partial charge is 0.313 e. The highest BCUT2D eigenvalue weighted by molar-refractivity contribution is 5.81. The summed E-state index contributed by atoms with van der Waals surface area (Å²) in [6, 6.07) is 8.54. The molecule has 0 aliphatic carbocycles. The quantitative estimate of drug-likeness (QED) is 0.831. The van der Waals surface area contributed by atoms with Gasteiger partial charge in [0.15, 0.2) is 0 Å². The van der Waals surface area contributed by atoms with Crippen LogP contribution in [0.1, 0.15) is 26.3 Å². The standard InChI is InChI=1S/C17H24N2O2/c1-5-18-11-13-6-7-14-8-9-19(15(14)10-13)12-17(2,3)16(20)21-4/h6-10,18H,5,11-12H2,1-4H3. The van der Waals surface area contributed by atoms with Crippen molar-refractivity contribution in [2.75, 3.05) is 13.7 Å². The SMILES string of the molecule is CCNCc1ccc2ccn(CC(C)(C)C(=O)OC)c2c1. The number of carbonyl (C=O) groups excluding carboxylic acids is 1. The van der Waals surface area contributed by atoms with Crippen molar-refractivity contribution in [3.63, 3.8) is 0 Å². The van der Waals surface area contributed by atoms with Gasteiger partial charge in [0.2, 0.25) is 0 Å². The first kappa shape index (κ1) is 15.6. The van der Waals surface area contributed by atoms with Gasteiger partial charge in [-0.1, -0.05) is 19.1 Å². The fraction of sp³-hybridized carbons (Fsp3) is 0.471. The highest BCUT2D eigenvalue weighted by atomic mass is 16.5. The van der Waals surface area contributed by atoms with Crippen molar-refractivity contribution in [2.24, 2.45) is 5.41 Å². The number of methoxy groups -OCH3 is 1. The second-order valence-corrected chi connectivity index (χ2v) is 5.99. The van der Waals surface area contributed by atoms with Crippen molar-refractivity contribution in [1.29, 1.82) is 0 Å². The molecule has 1 heterocycles. The summed E-state index contributed by atoms with van der Waals surface area (Å²) in [4.78, 5) is 11.9. The summed E-state index contributed by atoms with van der Waals surface area (Å²) in [5.74, 6) is -0.187. The van der Waals surface area contributed by atoms with Crippen LogP contribution in [-0.4, -0.2) is 24.2 Å². The number of nitrogens with zero attached hydrogens (tertiary/aromatic N) is 1. The fourth-order valence-electron chi connectivity index (χ4n) is 2.51. The predicted octanol–water partition coefficient (Wildman–Crippen LogP) is 2.95. The van der Waals surface area contributed by atoms with Crippen LogP contribution in [0.5, 0.6) is 0 Å². The summed E-state index contributed by atoms with van der Waals surface area (Å²) in [7, 11) is 1.44. The number of rotatable bonds is 6. The predicted molar refractivity (Wildman–Crippen MR) is 85.1 cm³/mol. The summed E-state index contributed by atoms with van der Waals surface area (Å²) in [5.41, 5.74) is 1.86. The van der Waals surface area contributed by atoms with Gasteiger partial charge in [-0.2, -0.15) is 0 Å². The maximum Gasteiger partial charge on any atom is 0.313 e. The second kappa shape index (κ2) is 6.31. The molecule has 1 aromatic heterocycles. The summed E-state index contributed by atoms with van der Waals surface area (Å²) in [6.07, 6.45) is 2.03. The molecule has 0 unspecified atom stereocenters. The molecule has 114 valence electrons. The van der Waals surface area contributed by atoms with Crippen LogP contribution >= 0.6 is 0 Å². The Labute approximate surface area is 126 Å². The summed E-state index contributed by atoms with van der Waals surface area (Å²) in [5, 5.41) is 4.52. The van der Waals surface area contributed by atoms with Gasteiger partial charge in [0.1, 0.15) is 0 Å². The number of hydrogen-bond acceptors (Lipinski definition) is 3. The first-order valence-electron chi connectivity index (χ1n) is 7.35. The summed E-state index contributed by atoms with van der Waals surface area (Å²) in [6.45, 7) is 8.33. The molecular formula is C17H24N2O2. The zero-order valence-corrected chi connectivity index (χ0v) is 13.3. The molecule has 4 nitrogen and oxygen atoms in total. The van der Waals surface area contributed by atoms with Crippen molar-refractivity contribution in [2.45, 2.75) is 33.9 Å². The second-order valence-electron chi connectivity index (χ2n) is 5.99. The Balaban J connectivity index is 2.29. The van der Waals surface area contributed by atoms with E-state index >= 15 is 0 Å². The van der Waals surface area contributed by atoms with Gasteiger partial charge in [0.25, 0.3) is 0 Å². The van der Waals surface area contributed by atoms with E-state index < -0.39 is 5.41 Å². The van der Waals surface area contributed by atoms with Crippen LogP contribution in [-0.2, 0) is 22.6 Å². The van der Waals surface area contributed by atoms with Crippen LogP contribution in [0.4, 0.5) is 0 Å². The molecule has 0 fully saturated rings. The number of carbonyl (C=O) groups is 1.